The summed E-state index contributed by atoms with van der Waals surface area (Å²) < 4.78 is 21.3. The molecule has 0 bridgehead atoms. The molecule has 0 aliphatic rings. The minimum atomic E-state index is -0.349. The summed E-state index contributed by atoms with van der Waals surface area (Å²) in [5, 5.41) is 2.72. The summed E-state index contributed by atoms with van der Waals surface area (Å²) >= 11 is 0. The number of aldehydes is 1. The van der Waals surface area contributed by atoms with Gasteiger partial charge in [-0.15, -0.1) is 0 Å². The Morgan fingerprint density at radius 3 is 2.15 bits per heavy atom. The van der Waals surface area contributed by atoms with Crippen molar-refractivity contribution in [3.63, 3.8) is 0 Å². The average Bonchev–Trinajstić information content (AvgIpc) is 2.67. The van der Waals surface area contributed by atoms with Crippen LogP contribution in [0.15, 0.2) is 36.4 Å². The van der Waals surface area contributed by atoms with Gasteiger partial charge in [-0.1, -0.05) is 0 Å². The van der Waals surface area contributed by atoms with Crippen molar-refractivity contribution in [2.75, 3.05) is 32.8 Å². The Morgan fingerprint density at radius 2 is 1.65 bits per heavy atom. The highest BCUT2D eigenvalue weighted by Crippen LogP contribution is 2.38. The van der Waals surface area contributed by atoms with Crippen molar-refractivity contribution < 1.29 is 28.5 Å². The molecular formula is C19H21NO6. The zero-order valence-electron chi connectivity index (χ0n) is 14.9. The molecule has 0 fully saturated rings. The molecule has 138 valence electrons. The molecule has 1 amide bonds. The van der Waals surface area contributed by atoms with E-state index in [4.69, 9.17) is 18.9 Å². The Hall–Kier alpha value is -3.22. The van der Waals surface area contributed by atoms with Gasteiger partial charge in [-0.25, -0.2) is 0 Å². The number of carbonyl (C=O) groups excluding carboxylic acids is 2. The molecule has 0 atom stereocenters. The number of hydrogen-bond donors (Lipinski definition) is 1. The molecule has 0 radical (unpaired) electrons. The summed E-state index contributed by atoms with van der Waals surface area (Å²) in [5.41, 5.74) is 1.00. The van der Waals surface area contributed by atoms with E-state index in [0.717, 1.165) is 5.75 Å². The maximum absolute atomic E-state index is 12.1. The first-order chi connectivity index (χ1) is 12.6. The second-order valence-corrected chi connectivity index (χ2v) is 5.17. The number of hydrogen-bond acceptors (Lipinski definition) is 6. The van der Waals surface area contributed by atoms with Gasteiger partial charge >= 0.3 is 0 Å². The predicted octanol–water partition coefficient (Wildman–Crippen LogP) is 2.93. The van der Waals surface area contributed by atoms with Gasteiger partial charge in [0.1, 0.15) is 12.0 Å². The number of methoxy groups -OCH3 is 2. The average molecular weight is 359 g/mol. The molecule has 26 heavy (non-hydrogen) atoms. The molecule has 2 rings (SSSR count). The van der Waals surface area contributed by atoms with Crippen molar-refractivity contribution in [3.05, 3.63) is 42.0 Å². The van der Waals surface area contributed by atoms with Crippen molar-refractivity contribution in [3.8, 4) is 23.0 Å². The lowest BCUT2D eigenvalue weighted by Gasteiger charge is -2.15. The van der Waals surface area contributed by atoms with Crippen LogP contribution in [0.5, 0.6) is 23.0 Å². The first-order valence-electron chi connectivity index (χ1n) is 7.98. The van der Waals surface area contributed by atoms with E-state index in [-0.39, 0.29) is 18.3 Å². The second-order valence-electron chi connectivity index (χ2n) is 5.17. The second kappa shape index (κ2) is 9.31. The summed E-state index contributed by atoms with van der Waals surface area (Å²) in [6.45, 7) is 2.23. The van der Waals surface area contributed by atoms with Crippen LogP contribution in [0.4, 0.5) is 5.69 Å². The lowest BCUT2D eigenvalue weighted by Crippen LogP contribution is -2.20. The fourth-order valence-electron chi connectivity index (χ4n) is 2.25. The number of amides is 1. The SMILES string of the molecule is CCOc1ccc(NC(=O)COc2c(OC)cc(C=O)cc2OC)cc1. The van der Waals surface area contributed by atoms with E-state index in [1.54, 1.807) is 24.3 Å². The quantitative estimate of drug-likeness (QED) is 0.693. The van der Waals surface area contributed by atoms with Crippen LogP contribution in [-0.4, -0.2) is 39.6 Å². The summed E-state index contributed by atoms with van der Waals surface area (Å²) in [4.78, 5) is 23.1. The van der Waals surface area contributed by atoms with Crippen molar-refractivity contribution in [1.29, 1.82) is 0 Å². The van der Waals surface area contributed by atoms with E-state index in [0.29, 0.717) is 35.6 Å². The standard InChI is InChI=1S/C19H21NO6/c1-4-25-15-7-5-14(6-8-15)20-18(22)12-26-19-16(23-2)9-13(11-21)10-17(19)24-3/h5-11H,4,12H2,1-3H3,(H,20,22). The van der Waals surface area contributed by atoms with E-state index in [1.807, 2.05) is 6.92 Å². The monoisotopic (exact) mass is 359 g/mol. The van der Waals surface area contributed by atoms with E-state index in [1.165, 1.54) is 26.4 Å². The number of ether oxygens (including phenoxy) is 4. The number of benzene rings is 2. The van der Waals surface area contributed by atoms with Gasteiger partial charge in [0.2, 0.25) is 5.75 Å². The highest BCUT2D eigenvalue weighted by atomic mass is 16.5. The van der Waals surface area contributed by atoms with Gasteiger partial charge in [-0.3, -0.25) is 9.59 Å². The maximum Gasteiger partial charge on any atom is 0.262 e. The molecule has 2 aromatic carbocycles. The molecule has 2 aromatic rings. The molecule has 0 heterocycles. The summed E-state index contributed by atoms with van der Waals surface area (Å²) in [7, 11) is 2.88. The predicted molar refractivity (Wildman–Crippen MR) is 96.7 cm³/mol. The third-order valence-corrected chi connectivity index (χ3v) is 3.42. The van der Waals surface area contributed by atoms with Gasteiger partial charge in [-0.2, -0.15) is 0 Å². The molecule has 7 heteroatoms. The van der Waals surface area contributed by atoms with Crippen LogP contribution in [0.1, 0.15) is 17.3 Å². The highest BCUT2D eigenvalue weighted by molar-refractivity contribution is 5.92. The Labute approximate surface area is 151 Å². The van der Waals surface area contributed by atoms with E-state index < -0.39 is 0 Å². The number of anilines is 1. The fourth-order valence-corrected chi connectivity index (χ4v) is 2.25. The van der Waals surface area contributed by atoms with Crippen molar-refractivity contribution in [1.82, 2.24) is 0 Å². The third-order valence-electron chi connectivity index (χ3n) is 3.42. The van der Waals surface area contributed by atoms with Gasteiger partial charge in [-0.05, 0) is 43.3 Å². The molecule has 0 spiro atoms. The minimum Gasteiger partial charge on any atom is -0.494 e. The molecule has 1 N–H and O–H groups in total. The van der Waals surface area contributed by atoms with E-state index in [9.17, 15) is 9.59 Å². The van der Waals surface area contributed by atoms with Crippen LogP contribution in [-0.2, 0) is 4.79 Å². The Balaban J connectivity index is 2.03. The smallest absolute Gasteiger partial charge is 0.262 e. The molecule has 0 saturated heterocycles. The number of nitrogens with one attached hydrogen (secondary N) is 1. The minimum absolute atomic E-state index is 0.250. The van der Waals surface area contributed by atoms with Crippen molar-refractivity contribution in [2.24, 2.45) is 0 Å². The number of carbonyl (C=O) groups is 2. The third kappa shape index (κ3) is 4.89. The molecule has 0 saturated carbocycles. The molecule has 7 nitrogen and oxygen atoms in total. The summed E-state index contributed by atoms with van der Waals surface area (Å²) in [5.74, 6) is 1.24. The van der Waals surface area contributed by atoms with Gasteiger partial charge in [0.05, 0.1) is 20.8 Å². The van der Waals surface area contributed by atoms with Crippen LogP contribution in [0.2, 0.25) is 0 Å². The zero-order chi connectivity index (χ0) is 18.9. The Kier molecular flexibility index (Phi) is 6.84. The number of rotatable bonds is 9. The maximum atomic E-state index is 12.1. The Morgan fingerprint density at radius 1 is 1.04 bits per heavy atom. The molecule has 0 aromatic heterocycles. The lowest BCUT2D eigenvalue weighted by molar-refractivity contribution is -0.118. The molecule has 0 aliphatic heterocycles. The highest BCUT2D eigenvalue weighted by Gasteiger charge is 2.15. The zero-order valence-corrected chi connectivity index (χ0v) is 14.9. The first-order valence-corrected chi connectivity index (χ1v) is 7.98. The Bertz CT molecular complexity index is 732. The van der Waals surface area contributed by atoms with Gasteiger partial charge in [0.25, 0.3) is 5.91 Å². The van der Waals surface area contributed by atoms with Gasteiger partial charge < -0.3 is 24.3 Å². The molecular weight excluding hydrogens is 338 g/mol. The van der Waals surface area contributed by atoms with Crippen LogP contribution in [0.25, 0.3) is 0 Å². The fraction of sp³-hybridized carbons (Fsp3) is 0.263. The van der Waals surface area contributed by atoms with Crippen LogP contribution >= 0.6 is 0 Å². The lowest BCUT2D eigenvalue weighted by atomic mass is 10.2. The topological polar surface area (TPSA) is 83.1 Å². The van der Waals surface area contributed by atoms with E-state index in [2.05, 4.69) is 5.32 Å². The van der Waals surface area contributed by atoms with Crippen LogP contribution in [0.3, 0.4) is 0 Å². The van der Waals surface area contributed by atoms with Crippen LogP contribution < -0.4 is 24.3 Å². The van der Waals surface area contributed by atoms with Crippen molar-refractivity contribution >= 4 is 17.9 Å². The summed E-state index contributed by atoms with van der Waals surface area (Å²) in [6.07, 6.45) is 0.674. The van der Waals surface area contributed by atoms with Crippen LogP contribution in [0, 0.1) is 0 Å². The van der Waals surface area contributed by atoms with Crippen molar-refractivity contribution in [2.45, 2.75) is 6.92 Å². The summed E-state index contributed by atoms with van der Waals surface area (Å²) in [6, 6.07) is 10.0. The molecule has 0 aliphatic carbocycles. The normalized spacial score (nSPS) is 9.96. The largest absolute Gasteiger partial charge is 0.494 e. The van der Waals surface area contributed by atoms with E-state index >= 15 is 0 Å². The van der Waals surface area contributed by atoms with Gasteiger partial charge in [0.15, 0.2) is 18.1 Å². The molecule has 0 unspecified atom stereocenters. The van der Waals surface area contributed by atoms with Gasteiger partial charge in [0, 0.05) is 11.3 Å². The first kappa shape index (κ1) is 19.1.